The Labute approximate surface area is 78.7 Å². The topological polar surface area (TPSA) is 12.0 Å². The zero-order chi connectivity index (χ0) is 8.97. The minimum Gasteiger partial charge on any atom is -0.384 e. The molecule has 0 aromatic heterocycles. The zero-order valence-electron chi connectivity index (χ0n) is 7.47. The molecule has 66 valence electrons. The van der Waals surface area contributed by atoms with Crippen molar-refractivity contribution in [1.29, 1.82) is 0 Å². The largest absolute Gasteiger partial charge is 0.384 e. The van der Waals surface area contributed by atoms with E-state index in [0.29, 0.717) is 5.92 Å². The van der Waals surface area contributed by atoms with Crippen LogP contribution in [0.2, 0.25) is 5.02 Å². The molecule has 1 rings (SSSR count). The number of benzene rings is 1. The summed E-state index contributed by atoms with van der Waals surface area (Å²) in [5, 5.41) is 4.07. The van der Waals surface area contributed by atoms with E-state index in [1.807, 2.05) is 24.3 Å². The highest BCUT2D eigenvalue weighted by molar-refractivity contribution is 6.33. The van der Waals surface area contributed by atoms with E-state index in [0.717, 1.165) is 17.3 Å². The number of anilines is 1. The van der Waals surface area contributed by atoms with Crippen LogP contribution in [-0.2, 0) is 0 Å². The zero-order valence-corrected chi connectivity index (χ0v) is 8.23. The van der Waals surface area contributed by atoms with Crippen LogP contribution >= 0.6 is 11.6 Å². The fraction of sp³-hybridized carbons (Fsp3) is 0.400. The van der Waals surface area contributed by atoms with Gasteiger partial charge in [-0.05, 0) is 18.1 Å². The molecule has 0 heterocycles. The predicted molar refractivity (Wildman–Crippen MR) is 54.8 cm³/mol. The van der Waals surface area contributed by atoms with E-state index in [1.165, 1.54) is 0 Å². The summed E-state index contributed by atoms with van der Waals surface area (Å²) in [6, 6.07) is 7.80. The van der Waals surface area contributed by atoms with Gasteiger partial charge in [0.05, 0.1) is 10.7 Å². The Morgan fingerprint density at radius 1 is 1.33 bits per heavy atom. The number of hydrogen-bond donors (Lipinski definition) is 1. The number of para-hydroxylation sites is 1. The highest BCUT2D eigenvalue weighted by Gasteiger charge is 1.98. The third-order valence-electron chi connectivity index (χ3n) is 1.57. The summed E-state index contributed by atoms with van der Waals surface area (Å²) in [5.74, 6) is 0.640. The molecule has 1 aromatic carbocycles. The second kappa shape index (κ2) is 4.36. The summed E-state index contributed by atoms with van der Waals surface area (Å²) in [6.07, 6.45) is 0. The molecule has 0 radical (unpaired) electrons. The van der Waals surface area contributed by atoms with Crippen LogP contribution < -0.4 is 5.32 Å². The maximum atomic E-state index is 5.95. The SMILES string of the molecule is CC(C)CNc1ccccc1Cl. The summed E-state index contributed by atoms with van der Waals surface area (Å²) in [5.41, 5.74) is 1.02. The van der Waals surface area contributed by atoms with E-state index in [1.54, 1.807) is 0 Å². The molecule has 0 fully saturated rings. The van der Waals surface area contributed by atoms with Gasteiger partial charge in [-0.15, -0.1) is 0 Å². The van der Waals surface area contributed by atoms with Crippen molar-refractivity contribution in [2.75, 3.05) is 11.9 Å². The molecule has 0 aliphatic rings. The Bertz CT molecular complexity index is 245. The van der Waals surface area contributed by atoms with Crippen LogP contribution in [0.15, 0.2) is 24.3 Å². The average molecular weight is 184 g/mol. The Kier molecular flexibility index (Phi) is 3.42. The number of halogens is 1. The Morgan fingerprint density at radius 3 is 2.58 bits per heavy atom. The van der Waals surface area contributed by atoms with Gasteiger partial charge < -0.3 is 5.32 Å². The highest BCUT2D eigenvalue weighted by Crippen LogP contribution is 2.20. The molecule has 0 bridgehead atoms. The fourth-order valence-corrected chi connectivity index (χ4v) is 1.12. The quantitative estimate of drug-likeness (QED) is 0.758. The van der Waals surface area contributed by atoms with Crippen molar-refractivity contribution in [3.63, 3.8) is 0 Å². The molecule has 0 unspecified atom stereocenters. The Hall–Kier alpha value is -0.690. The fourth-order valence-electron chi connectivity index (χ4n) is 0.919. The van der Waals surface area contributed by atoms with Crippen molar-refractivity contribution >= 4 is 17.3 Å². The molecular weight excluding hydrogens is 170 g/mol. The van der Waals surface area contributed by atoms with Gasteiger partial charge in [0.1, 0.15) is 0 Å². The second-order valence-corrected chi connectivity index (χ2v) is 3.66. The number of rotatable bonds is 3. The van der Waals surface area contributed by atoms with E-state index in [9.17, 15) is 0 Å². The molecule has 2 heteroatoms. The summed E-state index contributed by atoms with van der Waals surface area (Å²) in [4.78, 5) is 0. The second-order valence-electron chi connectivity index (χ2n) is 3.25. The number of nitrogens with one attached hydrogen (secondary N) is 1. The van der Waals surface area contributed by atoms with Gasteiger partial charge in [0.15, 0.2) is 0 Å². The molecule has 0 saturated heterocycles. The first-order chi connectivity index (χ1) is 5.70. The van der Waals surface area contributed by atoms with E-state index in [2.05, 4.69) is 19.2 Å². The minimum atomic E-state index is 0.640. The van der Waals surface area contributed by atoms with Gasteiger partial charge in [-0.1, -0.05) is 37.6 Å². The van der Waals surface area contributed by atoms with Gasteiger partial charge in [-0.3, -0.25) is 0 Å². The maximum absolute atomic E-state index is 5.95. The normalized spacial score (nSPS) is 10.3. The standard InChI is InChI=1S/C10H14ClN/c1-8(2)7-12-10-6-4-3-5-9(10)11/h3-6,8,12H,7H2,1-2H3. The van der Waals surface area contributed by atoms with Crippen LogP contribution in [0.5, 0.6) is 0 Å². The van der Waals surface area contributed by atoms with Crippen LogP contribution in [0.3, 0.4) is 0 Å². The molecule has 1 N–H and O–H groups in total. The van der Waals surface area contributed by atoms with E-state index in [-0.39, 0.29) is 0 Å². The number of hydrogen-bond acceptors (Lipinski definition) is 1. The van der Waals surface area contributed by atoms with Crippen molar-refractivity contribution in [3.05, 3.63) is 29.3 Å². The van der Waals surface area contributed by atoms with Crippen LogP contribution in [0.1, 0.15) is 13.8 Å². The Balaban J connectivity index is 2.57. The first-order valence-corrected chi connectivity index (χ1v) is 4.56. The highest BCUT2D eigenvalue weighted by atomic mass is 35.5. The van der Waals surface area contributed by atoms with Crippen LogP contribution in [0, 0.1) is 5.92 Å². The molecular formula is C10H14ClN. The molecule has 0 spiro atoms. The molecule has 12 heavy (non-hydrogen) atoms. The lowest BCUT2D eigenvalue weighted by molar-refractivity contribution is 0.689. The van der Waals surface area contributed by atoms with Crippen LogP contribution in [0.4, 0.5) is 5.69 Å². The van der Waals surface area contributed by atoms with Crippen LogP contribution in [0.25, 0.3) is 0 Å². The van der Waals surface area contributed by atoms with Crippen molar-refractivity contribution in [1.82, 2.24) is 0 Å². The van der Waals surface area contributed by atoms with Gasteiger partial charge in [-0.25, -0.2) is 0 Å². The van der Waals surface area contributed by atoms with Crippen molar-refractivity contribution in [2.45, 2.75) is 13.8 Å². The molecule has 1 nitrogen and oxygen atoms in total. The summed E-state index contributed by atoms with van der Waals surface area (Å²) >= 11 is 5.95. The minimum absolute atomic E-state index is 0.640. The summed E-state index contributed by atoms with van der Waals surface area (Å²) in [6.45, 7) is 5.30. The van der Waals surface area contributed by atoms with Gasteiger partial charge in [-0.2, -0.15) is 0 Å². The van der Waals surface area contributed by atoms with Crippen molar-refractivity contribution in [3.8, 4) is 0 Å². The van der Waals surface area contributed by atoms with Crippen LogP contribution in [-0.4, -0.2) is 6.54 Å². The molecule has 0 aliphatic carbocycles. The monoisotopic (exact) mass is 183 g/mol. The molecule has 0 aliphatic heterocycles. The average Bonchev–Trinajstić information content (AvgIpc) is 2.03. The maximum Gasteiger partial charge on any atom is 0.0637 e. The molecule has 0 amide bonds. The van der Waals surface area contributed by atoms with E-state index >= 15 is 0 Å². The van der Waals surface area contributed by atoms with E-state index < -0.39 is 0 Å². The van der Waals surface area contributed by atoms with Gasteiger partial charge >= 0.3 is 0 Å². The first kappa shape index (κ1) is 9.40. The predicted octanol–water partition coefficient (Wildman–Crippen LogP) is 3.41. The molecule has 0 atom stereocenters. The lowest BCUT2D eigenvalue weighted by atomic mass is 10.2. The smallest absolute Gasteiger partial charge is 0.0637 e. The Morgan fingerprint density at radius 2 is 2.00 bits per heavy atom. The lowest BCUT2D eigenvalue weighted by Gasteiger charge is -2.09. The van der Waals surface area contributed by atoms with Crippen molar-refractivity contribution in [2.24, 2.45) is 5.92 Å². The van der Waals surface area contributed by atoms with Gasteiger partial charge in [0.25, 0.3) is 0 Å². The summed E-state index contributed by atoms with van der Waals surface area (Å²) < 4.78 is 0. The van der Waals surface area contributed by atoms with Gasteiger partial charge in [0, 0.05) is 6.54 Å². The third kappa shape index (κ3) is 2.74. The molecule has 1 aromatic rings. The van der Waals surface area contributed by atoms with E-state index in [4.69, 9.17) is 11.6 Å². The van der Waals surface area contributed by atoms with Crippen molar-refractivity contribution < 1.29 is 0 Å². The van der Waals surface area contributed by atoms with Gasteiger partial charge in [0.2, 0.25) is 0 Å². The third-order valence-corrected chi connectivity index (χ3v) is 1.90. The summed E-state index contributed by atoms with van der Waals surface area (Å²) in [7, 11) is 0. The molecule has 0 saturated carbocycles. The lowest BCUT2D eigenvalue weighted by Crippen LogP contribution is -2.07. The first-order valence-electron chi connectivity index (χ1n) is 4.18.